The first-order valence-corrected chi connectivity index (χ1v) is 5.88. The first-order chi connectivity index (χ1) is 8.93. The first-order valence-electron chi connectivity index (χ1n) is 5.88. The maximum absolute atomic E-state index is 13.8. The van der Waals surface area contributed by atoms with Crippen LogP contribution in [0, 0.1) is 17.7 Å². The number of esters is 1. The highest BCUT2D eigenvalue weighted by molar-refractivity contribution is 6.10. The number of Topliss-reactive ketones (excluding diaryl/α,β-unsaturated/α-hetero) is 1. The van der Waals surface area contributed by atoms with Gasteiger partial charge in [-0.15, -0.1) is 0 Å². The number of rotatable bonds is 5. The fourth-order valence-corrected chi connectivity index (χ4v) is 1.88. The molecule has 0 N–H and O–H groups in total. The third-order valence-corrected chi connectivity index (χ3v) is 2.85. The van der Waals surface area contributed by atoms with Crippen LogP contribution in [0.25, 0.3) is 0 Å². The zero-order valence-corrected chi connectivity index (χ0v) is 11.4. The van der Waals surface area contributed by atoms with Crippen molar-refractivity contribution >= 4 is 11.8 Å². The summed E-state index contributed by atoms with van der Waals surface area (Å²) < 4.78 is 23.4. The lowest BCUT2D eigenvalue weighted by atomic mass is 9.87. The second-order valence-corrected chi connectivity index (χ2v) is 4.43. The van der Waals surface area contributed by atoms with Gasteiger partial charge in [-0.25, -0.2) is 4.39 Å². The summed E-state index contributed by atoms with van der Waals surface area (Å²) in [5.74, 6) is -3.25. The molecule has 19 heavy (non-hydrogen) atoms. The van der Waals surface area contributed by atoms with Gasteiger partial charge in [0.25, 0.3) is 0 Å². The smallest absolute Gasteiger partial charge is 0.316 e. The van der Waals surface area contributed by atoms with Crippen molar-refractivity contribution in [3.63, 3.8) is 0 Å². The van der Waals surface area contributed by atoms with E-state index in [1.165, 1.54) is 26.4 Å². The normalized spacial score (nSPS) is 12.1. The number of ketones is 1. The van der Waals surface area contributed by atoms with Crippen LogP contribution in [0.5, 0.6) is 5.75 Å². The lowest BCUT2D eigenvalue weighted by molar-refractivity contribution is -0.144. The van der Waals surface area contributed by atoms with Gasteiger partial charge in [-0.05, 0) is 18.1 Å². The Bertz CT molecular complexity index is 482. The summed E-state index contributed by atoms with van der Waals surface area (Å²) in [5.41, 5.74) is -0.214. The quantitative estimate of drug-likeness (QED) is 0.467. The molecule has 1 aromatic carbocycles. The van der Waals surface area contributed by atoms with Crippen molar-refractivity contribution in [2.45, 2.75) is 13.8 Å². The summed E-state index contributed by atoms with van der Waals surface area (Å²) >= 11 is 0. The Hall–Kier alpha value is -1.91. The van der Waals surface area contributed by atoms with Crippen LogP contribution in [0.4, 0.5) is 4.39 Å². The monoisotopic (exact) mass is 268 g/mol. The minimum absolute atomic E-state index is 0.111. The zero-order valence-electron chi connectivity index (χ0n) is 11.4. The third kappa shape index (κ3) is 3.10. The fourth-order valence-electron chi connectivity index (χ4n) is 1.88. The molecule has 5 heteroatoms. The van der Waals surface area contributed by atoms with Crippen molar-refractivity contribution in [3.05, 3.63) is 29.6 Å². The molecular formula is C14H17FO4. The van der Waals surface area contributed by atoms with Gasteiger partial charge in [-0.2, -0.15) is 0 Å². The van der Waals surface area contributed by atoms with Crippen LogP contribution >= 0.6 is 0 Å². The fraction of sp³-hybridized carbons (Fsp3) is 0.429. The maximum Gasteiger partial charge on any atom is 0.316 e. The van der Waals surface area contributed by atoms with E-state index in [0.717, 1.165) is 6.07 Å². The largest absolute Gasteiger partial charge is 0.496 e. The van der Waals surface area contributed by atoms with Crippen LogP contribution in [0.3, 0.4) is 0 Å². The molecule has 0 aliphatic carbocycles. The maximum atomic E-state index is 13.8. The van der Waals surface area contributed by atoms with Crippen molar-refractivity contribution in [1.29, 1.82) is 0 Å². The van der Waals surface area contributed by atoms with Gasteiger partial charge >= 0.3 is 5.97 Å². The number of benzene rings is 1. The van der Waals surface area contributed by atoms with Crippen LogP contribution in [-0.4, -0.2) is 26.0 Å². The Balaban J connectivity index is 3.28. The van der Waals surface area contributed by atoms with Gasteiger partial charge in [0.05, 0.1) is 19.8 Å². The molecule has 0 aliphatic rings. The van der Waals surface area contributed by atoms with E-state index in [0.29, 0.717) is 0 Å². The molecule has 0 saturated heterocycles. The molecule has 0 radical (unpaired) electrons. The molecule has 104 valence electrons. The van der Waals surface area contributed by atoms with Gasteiger partial charge in [0.1, 0.15) is 17.5 Å². The van der Waals surface area contributed by atoms with E-state index in [-0.39, 0.29) is 17.2 Å². The van der Waals surface area contributed by atoms with Crippen molar-refractivity contribution < 1.29 is 23.5 Å². The molecule has 1 aromatic rings. The SMILES string of the molecule is COC(=O)C(C(=O)c1c(F)cccc1OC)C(C)C. The van der Waals surface area contributed by atoms with Crippen LogP contribution in [0.2, 0.25) is 0 Å². The van der Waals surface area contributed by atoms with Crippen LogP contribution in [0.1, 0.15) is 24.2 Å². The number of methoxy groups -OCH3 is 2. The Kier molecular flexibility index (Phi) is 5.03. The number of hydrogen-bond acceptors (Lipinski definition) is 4. The first kappa shape index (κ1) is 15.1. The van der Waals surface area contributed by atoms with Crippen molar-refractivity contribution in [1.82, 2.24) is 0 Å². The predicted molar refractivity (Wildman–Crippen MR) is 67.6 cm³/mol. The third-order valence-electron chi connectivity index (χ3n) is 2.85. The molecule has 0 bridgehead atoms. The molecule has 0 amide bonds. The molecule has 0 aliphatic heterocycles. The number of hydrogen-bond donors (Lipinski definition) is 0. The van der Waals surface area contributed by atoms with Crippen molar-refractivity contribution in [3.8, 4) is 5.75 Å². The molecule has 0 saturated carbocycles. The second kappa shape index (κ2) is 6.31. The average Bonchev–Trinajstić information content (AvgIpc) is 2.37. The molecule has 0 fully saturated rings. The minimum Gasteiger partial charge on any atom is -0.496 e. The Morgan fingerprint density at radius 3 is 2.32 bits per heavy atom. The van der Waals surface area contributed by atoms with E-state index >= 15 is 0 Å². The molecule has 1 rings (SSSR count). The molecule has 4 nitrogen and oxygen atoms in total. The molecule has 1 unspecified atom stereocenters. The highest BCUT2D eigenvalue weighted by atomic mass is 19.1. The second-order valence-electron chi connectivity index (χ2n) is 4.43. The van der Waals surface area contributed by atoms with E-state index in [1.807, 2.05) is 0 Å². The lowest BCUT2D eigenvalue weighted by Gasteiger charge is -2.18. The summed E-state index contributed by atoms with van der Waals surface area (Å²) in [6.45, 7) is 3.40. The molecule has 1 atom stereocenters. The van der Waals surface area contributed by atoms with E-state index in [1.54, 1.807) is 13.8 Å². The topological polar surface area (TPSA) is 52.6 Å². The molecular weight excluding hydrogens is 251 g/mol. The highest BCUT2D eigenvalue weighted by Crippen LogP contribution is 2.27. The highest BCUT2D eigenvalue weighted by Gasteiger charge is 2.34. The molecule has 0 aromatic heterocycles. The summed E-state index contributed by atoms with van der Waals surface area (Å²) in [7, 11) is 2.54. The molecule has 0 heterocycles. The van der Waals surface area contributed by atoms with Gasteiger partial charge in [0, 0.05) is 0 Å². The van der Waals surface area contributed by atoms with Crippen LogP contribution < -0.4 is 4.74 Å². The Morgan fingerprint density at radius 1 is 1.21 bits per heavy atom. The van der Waals surface area contributed by atoms with Gasteiger partial charge < -0.3 is 9.47 Å². The van der Waals surface area contributed by atoms with E-state index in [9.17, 15) is 14.0 Å². The van der Waals surface area contributed by atoms with E-state index in [4.69, 9.17) is 4.74 Å². The number of ether oxygens (including phenoxy) is 2. The lowest BCUT2D eigenvalue weighted by Crippen LogP contribution is -2.31. The average molecular weight is 268 g/mol. The van der Waals surface area contributed by atoms with Crippen LogP contribution in [0.15, 0.2) is 18.2 Å². The standard InChI is InChI=1S/C14H17FO4/c1-8(2)11(14(17)19-4)13(16)12-9(15)6-5-7-10(12)18-3/h5-8,11H,1-4H3. The molecule has 0 spiro atoms. The Labute approximate surface area is 111 Å². The predicted octanol–water partition coefficient (Wildman–Crippen LogP) is 2.46. The van der Waals surface area contributed by atoms with Crippen LogP contribution in [-0.2, 0) is 9.53 Å². The summed E-state index contributed by atoms with van der Waals surface area (Å²) in [4.78, 5) is 24.0. The number of carbonyl (C=O) groups excluding carboxylic acids is 2. The zero-order chi connectivity index (χ0) is 14.6. The van der Waals surface area contributed by atoms with Gasteiger partial charge in [-0.3, -0.25) is 9.59 Å². The minimum atomic E-state index is -1.05. The number of carbonyl (C=O) groups is 2. The van der Waals surface area contributed by atoms with E-state index in [2.05, 4.69) is 4.74 Å². The summed E-state index contributed by atoms with van der Waals surface area (Å²) in [6, 6.07) is 4.07. The van der Waals surface area contributed by atoms with E-state index < -0.39 is 23.5 Å². The summed E-state index contributed by atoms with van der Waals surface area (Å²) in [5, 5.41) is 0. The van der Waals surface area contributed by atoms with Gasteiger partial charge in [0.2, 0.25) is 0 Å². The Morgan fingerprint density at radius 2 is 1.84 bits per heavy atom. The van der Waals surface area contributed by atoms with Crippen molar-refractivity contribution in [2.75, 3.05) is 14.2 Å². The summed E-state index contributed by atoms with van der Waals surface area (Å²) in [6.07, 6.45) is 0. The van der Waals surface area contributed by atoms with Gasteiger partial charge in [0.15, 0.2) is 5.78 Å². The van der Waals surface area contributed by atoms with Gasteiger partial charge in [-0.1, -0.05) is 19.9 Å². The van der Waals surface area contributed by atoms with Crippen molar-refractivity contribution in [2.24, 2.45) is 11.8 Å². The number of halogens is 1.